The minimum atomic E-state index is -0.350. The highest BCUT2D eigenvalue weighted by Gasteiger charge is 2.22. The van der Waals surface area contributed by atoms with Gasteiger partial charge in [0, 0.05) is 38.2 Å². The predicted molar refractivity (Wildman–Crippen MR) is 110 cm³/mol. The topological polar surface area (TPSA) is 50.6 Å². The van der Waals surface area contributed by atoms with Crippen LogP contribution in [0.2, 0.25) is 10.0 Å². The first-order valence-electron chi connectivity index (χ1n) is 8.98. The van der Waals surface area contributed by atoms with Crippen molar-refractivity contribution in [2.45, 2.75) is 26.1 Å². The quantitative estimate of drug-likeness (QED) is 0.757. The van der Waals surface area contributed by atoms with Gasteiger partial charge in [-0.25, -0.2) is 0 Å². The molecule has 2 aromatic rings. The number of benzene rings is 1. The van der Waals surface area contributed by atoms with Gasteiger partial charge in [-0.1, -0.05) is 23.2 Å². The fraction of sp³-hybridized carbons (Fsp3) is 0.474. The molecule has 0 bridgehead atoms. The van der Waals surface area contributed by atoms with E-state index in [-0.39, 0.29) is 22.8 Å². The van der Waals surface area contributed by atoms with Crippen LogP contribution in [0, 0.1) is 0 Å². The number of likely N-dealkylation sites (N-methyl/N-ethyl adjacent to an activating group) is 1. The third kappa shape index (κ3) is 4.82. The first-order chi connectivity index (χ1) is 12.8. The molecule has 1 aromatic heterocycles. The van der Waals surface area contributed by atoms with Gasteiger partial charge in [0.15, 0.2) is 0 Å². The molecular weight excluding hydrogens is 387 g/mol. The van der Waals surface area contributed by atoms with Crippen molar-refractivity contribution in [3.63, 3.8) is 0 Å². The molecule has 3 rings (SSSR count). The zero-order valence-corrected chi connectivity index (χ0v) is 17.2. The molecule has 27 heavy (non-hydrogen) atoms. The van der Waals surface area contributed by atoms with E-state index in [1.54, 1.807) is 30.5 Å². The molecule has 6 nitrogen and oxygen atoms in total. The van der Waals surface area contributed by atoms with Crippen molar-refractivity contribution in [3.05, 3.63) is 50.9 Å². The largest absolute Gasteiger partial charge is 0.373 e. The highest BCUT2D eigenvalue weighted by Crippen LogP contribution is 2.21. The summed E-state index contributed by atoms with van der Waals surface area (Å²) in [5.74, 6) is 0. The van der Waals surface area contributed by atoms with Crippen molar-refractivity contribution in [1.82, 2.24) is 14.7 Å². The summed E-state index contributed by atoms with van der Waals surface area (Å²) in [5, 5.41) is 5.04. The van der Waals surface area contributed by atoms with Gasteiger partial charge in [-0.2, -0.15) is 9.78 Å². The van der Waals surface area contributed by atoms with Crippen LogP contribution in [0.15, 0.2) is 35.3 Å². The Labute approximate surface area is 169 Å². The minimum absolute atomic E-state index is 0.158. The Morgan fingerprint density at radius 3 is 2.44 bits per heavy atom. The summed E-state index contributed by atoms with van der Waals surface area (Å²) in [5.41, 5.74) is 0.898. The van der Waals surface area contributed by atoms with Crippen molar-refractivity contribution in [2.24, 2.45) is 0 Å². The summed E-state index contributed by atoms with van der Waals surface area (Å²) in [6, 6.07) is 6.89. The maximum absolute atomic E-state index is 12.7. The Balaban J connectivity index is 1.72. The standard InChI is InChI=1S/C19H24Cl2N4O2/c1-13-11-24(12-14(2)27-13)9-8-23(3)17-10-22-25(19(26)18(17)21)16-6-4-15(20)5-7-16/h4-7,10,13-14H,8-9,11-12H2,1-3H3/t13-,14+. The van der Waals surface area contributed by atoms with Gasteiger partial charge in [0.25, 0.3) is 5.56 Å². The summed E-state index contributed by atoms with van der Waals surface area (Å²) < 4.78 is 7.05. The van der Waals surface area contributed by atoms with Crippen LogP contribution in [-0.2, 0) is 4.74 Å². The molecule has 1 aliphatic rings. The average molecular weight is 411 g/mol. The summed E-state index contributed by atoms with van der Waals surface area (Å²) in [7, 11) is 1.92. The second-order valence-electron chi connectivity index (χ2n) is 6.98. The molecule has 0 amide bonds. The normalized spacial score (nSPS) is 20.6. The Morgan fingerprint density at radius 1 is 1.19 bits per heavy atom. The molecule has 8 heteroatoms. The van der Waals surface area contributed by atoms with E-state index in [2.05, 4.69) is 23.8 Å². The number of rotatable bonds is 5. The lowest BCUT2D eigenvalue weighted by Gasteiger charge is -2.36. The molecule has 0 spiro atoms. The van der Waals surface area contributed by atoms with E-state index >= 15 is 0 Å². The van der Waals surface area contributed by atoms with Crippen LogP contribution in [0.1, 0.15) is 13.8 Å². The molecule has 0 aliphatic carbocycles. The monoisotopic (exact) mass is 410 g/mol. The summed E-state index contributed by atoms with van der Waals surface area (Å²) in [4.78, 5) is 17.0. The third-order valence-electron chi connectivity index (χ3n) is 4.63. The first-order valence-corrected chi connectivity index (χ1v) is 9.73. The van der Waals surface area contributed by atoms with E-state index in [4.69, 9.17) is 27.9 Å². The Bertz CT molecular complexity index is 831. The van der Waals surface area contributed by atoms with Crippen LogP contribution in [0.4, 0.5) is 5.69 Å². The number of ether oxygens (including phenoxy) is 1. The van der Waals surface area contributed by atoms with Gasteiger partial charge in [0.05, 0.1) is 29.8 Å². The van der Waals surface area contributed by atoms with Gasteiger partial charge in [-0.05, 0) is 38.1 Å². The second-order valence-corrected chi connectivity index (χ2v) is 7.79. The van der Waals surface area contributed by atoms with E-state index in [1.165, 1.54) is 4.68 Å². The number of morpholine rings is 1. The maximum atomic E-state index is 12.7. The van der Waals surface area contributed by atoms with Crippen LogP contribution in [0.3, 0.4) is 0 Å². The van der Waals surface area contributed by atoms with Crippen LogP contribution < -0.4 is 10.5 Å². The van der Waals surface area contributed by atoms with Crippen LogP contribution >= 0.6 is 23.2 Å². The molecule has 1 aromatic carbocycles. The van der Waals surface area contributed by atoms with E-state index in [0.29, 0.717) is 16.4 Å². The van der Waals surface area contributed by atoms with Crippen molar-refractivity contribution in [3.8, 4) is 5.69 Å². The zero-order valence-electron chi connectivity index (χ0n) is 15.7. The molecule has 0 radical (unpaired) electrons. The molecule has 2 atom stereocenters. The SMILES string of the molecule is C[C@@H]1CN(CCN(C)c2cnn(-c3ccc(Cl)cc3)c(=O)c2Cl)C[C@H](C)O1. The summed E-state index contributed by atoms with van der Waals surface area (Å²) >= 11 is 12.3. The van der Waals surface area contributed by atoms with Crippen molar-refractivity contribution < 1.29 is 4.74 Å². The summed E-state index contributed by atoms with van der Waals surface area (Å²) in [6.07, 6.45) is 2.09. The lowest BCUT2D eigenvalue weighted by atomic mass is 10.2. The number of hydrogen-bond acceptors (Lipinski definition) is 5. The second kappa shape index (κ2) is 8.61. The highest BCUT2D eigenvalue weighted by molar-refractivity contribution is 6.33. The van der Waals surface area contributed by atoms with E-state index in [1.807, 2.05) is 11.9 Å². The molecule has 1 saturated heterocycles. The Hall–Kier alpha value is -1.60. The molecular formula is C19H24Cl2N4O2. The van der Waals surface area contributed by atoms with E-state index in [0.717, 1.165) is 26.2 Å². The lowest BCUT2D eigenvalue weighted by Crippen LogP contribution is -2.47. The minimum Gasteiger partial charge on any atom is -0.373 e. The Kier molecular flexibility index (Phi) is 6.42. The lowest BCUT2D eigenvalue weighted by molar-refractivity contribution is -0.0670. The molecule has 1 fully saturated rings. The fourth-order valence-corrected chi connectivity index (χ4v) is 3.73. The predicted octanol–water partition coefficient (Wildman–Crippen LogP) is 3.08. The number of nitrogens with zero attached hydrogens (tertiary/aromatic N) is 4. The van der Waals surface area contributed by atoms with Gasteiger partial charge in [-0.3, -0.25) is 9.69 Å². The zero-order chi connectivity index (χ0) is 19.6. The fourth-order valence-electron chi connectivity index (χ4n) is 3.34. The molecule has 146 valence electrons. The van der Waals surface area contributed by atoms with Gasteiger partial charge < -0.3 is 9.64 Å². The molecule has 1 aliphatic heterocycles. The van der Waals surface area contributed by atoms with Crippen LogP contribution in [0.25, 0.3) is 5.69 Å². The van der Waals surface area contributed by atoms with Crippen molar-refractivity contribution >= 4 is 28.9 Å². The number of anilines is 1. The molecule has 2 heterocycles. The Morgan fingerprint density at radius 2 is 1.81 bits per heavy atom. The smallest absolute Gasteiger partial charge is 0.292 e. The van der Waals surface area contributed by atoms with Gasteiger partial charge in [0.2, 0.25) is 0 Å². The summed E-state index contributed by atoms with van der Waals surface area (Å²) in [6.45, 7) is 7.59. The maximum Gasteiger partial charge on any atom is 0.292 e. The van der Waals surface area contributed by atoms with Crippen LogP contribution in [-0.4, -0.2) is 60.1 Å². The van der Waals surface area contributed by atoms with Gasteiger partial charge in [0.1, 0.15) is 5.02 Å². The number of halogens is 2. The van der Waals surface area contributed by atoms with Crippen LogP contribution in [0.5, 0.6) is 0 Å². The molecule has 0 unspecified atom stereocenters. The van der Waals surface area contributed by atoms with Gasteiger partial charge in [-0.15, -0.1) is 0 Å². The number of hydrogen-bond donors (Lipinski definition) is 0. The highest BCUT2D eigenvalue weighted by atomic mass is 35.5. The van der Waals surface area contributed by atoms with E-state index in [9.17, 15) is 4.79 Å². The van der Waals surface area contributed by atoms with Gasteiger partial charge >= 0.3 is 0 Å². The average Bonchev–Trinajstić information content (AvgIpc) is 2.62. The van der Waals surface area contributed by atoms with Crippen molar-refractivity contribution in [2.75, 3.05) is 38.1 Å². The molecule has 0 saturated carbocycles. The third-order valence-corrected chi connectivity index (χ3v) is 5.24. The number of aromatic nitrogens is 2. The van der Waals surface area contributed by atoms with E-state index < -0.39 is 0 Å². The van der Waals surface area contributed by atoms with Crippen molar-refractivity contribution in [1.29, 1.82) is 0 Å². The molecule has 0 N–H and O–H groups in total. The first kappa shape index (κ1) is 20.1.